The lowest BCUT2D eigenvalue weighted by Gasteiger charge is -2.22. The van der Waals surface area contributed by atoms with E-state index >= 15 is 0 Å². The zero-order chi connectivity index (χ0) is 16.0. The van der Waals surface area contributed by atoms with Crippen molar-refractivity contribution in [2.75, 3.05) is 0 Å². The SMILES string of the molecule is CCC(C)(C)CCCCCCCCCCCCCC(=O)O. The van der Waals surface area contributed by atoms with Crippen LogP contribution in [0.1, 0.15) is 111 Å². The monoisotopic (exact) mass is 298 g/mol. The molecule has 126 valence electrons. The topological polar surface area (TPSA) is 37.3 Å². The van der Waals surface area contributed by atoms with Gasteiger partial charge in [0, 0.05) is 6.42 Å². The fraction of sp³-hybridized carbons (Fsp3) is 0.947. The summed E-state index contributed by atoms with van der Waals surface area (Å²) in [5.41, 5.74) is 0.542. The van der Waals surface area contributed by atoms with Gasteiger partial charge in [0.2, 0.25) is 0 Å². The Kier molecular flexibility index (Phi) is 12.8. The predicted molar refractivity (Wildman–Crippen MR) is 91.7 cm³/mol. The number of rotatable bonds is 15. The Balaban J connectivity index is 3.11. The maximum Gasteiger partial charge on any atom is 0.303 e. The summed E-state index contributed by atoms with van der Waals surface area (Å²) in [7, 11) is 0. The second-order valence-electron chi connectivity index (χ2n) is 7.30. The van der Waals surface area contributed by atoms with Crippen LogP contribution >= 0.6 is 0 Å². The molecule has 0 unspecified atom stereocenters. The van der Waals surface area contributed by atoms with E-state index in [0.717, 1.165) is 12.8 Å². The van der Waals surface area contributed by atoms with Gasteiger partial charge in [-0.05, 0) is 18.3 Å². The molecule has 0 aliphatic heterocycles. The average molecular weight is 299 g/mol. The van der Waals surface area contributed by atoms with Crippen molar-refractivity contribution in [1.82, 2.24) is 0 Å². The Morgan fingerprint density at radius 2 is 1.14 bits per heavy atom. The van der Waals surface area contributed by atoms with Crippen LogP contribution in [0.3, 0.4) is 0 Å². The second-order valence-corrected chi connectivity index (χ2v) is 7.30. The summed E-state index contributed by atoms with van der Waals surface area (Å²) < 4.78 is 0. The lowest BCUT2D eigenvalue weighted by Crippen LogP contribution is -2.08. The predicted octanol–water partition coefficient (Wildman–Crippen LogP) is 6.58. The number of unbranched alkanes of at least 4 members (excludes halogenated alkanes) is 10. The van der Waals surface area contributed by atoms with Gasteiger partial charge in [-0.25, -0.2) is 0 Å². The van der Waals surface area contributed by atoms with Gasteiger partial charge in [0.05, 0.1) is 0 Å². The molecule has 0 amide bonds. The smallest absolute Gasteiger partial charge is 0.303 e. The summed E-state index contributed by atoms with van der Waals surface area (Å²) in [5.74, 6) is -0.655. The van der Waals surface area contributed by atoms with Gasteiger partial charge in [0.15, 0.2) is 0 Å². The zero-order valence-corrected chi connectivity index (χ0v) is 14.8. The maximum atomic E-state index is 10.4. The van der Waals surface area contributed by atoms with Gasteiger partial charge in [-0.3, -0.25) is 4.79 Å². The van der Waals surface area contributed by atoms with Gasteiger partial charge in [0.25, 0.3) is 0 Å². The maximum absolute atomic E-state index is 10.4. The van der Waals surface area contributed by atoms with Crippen LogP contribution < -0.4 is 0 Å². The van der Waals surface area contributed by atoms with Gasteiger partial charge < -0.3 is 5.11 Å². The van der Waals surface area contributed by atoms with Crippen molar-refractivity contribution in [3.05, 3.63) is 0 Å². The molecule has 2 heteroatoms. The Morgan fingerprint density at radius 1 is 0.762 bits per heavy atom. The third-order valence-electron chi connectivity index (χ3n) is 4.70. The zero-order valence-electron chi connectivity index (χ0n) is 14.8. The molecule has 21 heavy (non-hydrogen) atoms. The molecule has 1 N–H and O–H groups in total. The standard InChI is InChI=1S/C19H38O2/c1-4-19(2,3)17-15-13-11-9-7-5-6-8-10-12-14-16-18(20)21/h4-17H2,1-3H3,(H,20,21). The highest BCUT2D eigenvalue weighted by Crippen LogP contribution is 2.27. The molecule has 0 aromatic rings. The van der Waals surface area contributed by atoms with E-state index in [4.69, 9.17) is 5.11 Å². The summed E-state index contributed by atoms with van der Waals surface area (Å²) in [5, 5.41) is 8.53. The van der Waals surface area contributed by atoms with E-state index in [1.165, 1.54) is 70.6 Å². The van der Waals surface area contributed by atoms with Crippen LogP contribution in [0.4, 0.5) is 0 Å². The summed E-state index contributed by atoms with van der Waals surface area (Å²) in [6, 6.07) is 0. The summed E-state index contributed by atoms with van der Waals surface area (Å²) >= 11 is 0. The Labute approximate surface area is 132 Å². The highest BCUT2D eigenvalue weighted by atomic mass is 16.4. The van der Waals surface area contributed by atoms with E-state index in [-0.39, 0.29) is 0 Å². The molecule has 0 aliphatic carbocycles. The third kappa shape index (κ3) is 15.7. The van der Waals surface area contributed by atoms with Crippen LogP contribution in [0.15, 0.2) is 0 Å². The third-order valence-corrected chi connectivity index (χ3v) is 4.70. The molecule has 0 bridgehead atoms. The lowest BCUT2D eigenvalue weighted by atomic mass is 9.84. The number of hydrogen-bond acceptors (Lipinski definition) is 1. The first kappa shape index (κ1) is 20.5. The lowest BCUT2D eigenvalue weighted by molar-refractivity contribution is -0.137. The van der Waals surface area contributed by atoms with Gasteiger partial charge in [-0.2, -0.15) is 0 Å². The first-order valence-electron chi connectivity index (χ1n) is 9.20. The molecule has 2 nitrogen and oxygen atoms in total. The molecule has 0 aromatic carbocycles. The van der Waals surface area contributed by atoms with Crippen molar-refractivity contribution in [2.45, 2.75) is 111 Å². The van der Waals surface area contributed by atoms with Crippen molar-refractivity contribution in [3.8, 4) is 0 Å². The van der Waals surface area contributed by atoms with Crippen LogP contribution in [0.25, 0.3) is 0 Å². The Bertz CT molecular complexity index is 246. The molecule has 0 rings (SSSR count). The quantitative estimate of drug-likeness (QED) is 0.347. The second kappa shape index (κ2) is 13.2. The fourth-order valence-electron chi connectivity index (χ4n) is 2.65. The fourth-order valence-corrected chi connectivity index (χ4v) is 2.65. The minimum Gasteiger partial charge on any atom is -0.481 e. The summed E-state index contributed by atoms with van der Waals surface area (Å²) in [6.45, 7) is 7.05. The molecule has 0 atom stereocenters. The normalized spacial score (nSPS) is 11.8. The molecule has 0 heterocycles. The van der Waals surface area contributed by atoms with Gasteiger partial charge in [-0.15, -0.1) is 0 Å². The van der Waals surface area contributed by atoms with Gasteiger partial charge >= 0.3 is 5.97 Å². The van der Waals surface area contributed by atoms with Crippen LogP contribution in [0.5, 0.6) is 0 Å². The van der Waals surface area contributed by atoms with Crippen LogP contribution in [0.2, 0.25) is 0 Å². The van der Waals surface area contributed by atoms with Gasteiger partial charge in [0.1, 0.15) is 0 Å². The largest absolute Gasteiger partial charge is 0.481 e. The molecule has 0 saturated heterocycles. The Hall–Kier alpha value is -0.530. The summed E-state index contributed by atoms with van der Waals surface area (Å²) in [6.07, 6.45) is 17.1. The minimum absolute atomic E-state index is 0.342. The minimum atomic E-state index is -0.655. The van der Waals surface area contributed by atoms with Gasteiger partial charge in [-0.1, -0.05) is 91.4 Å². The van der Waals surface area contributed by atoms with E-state index in [0.29, 0.717) is 11.8 Å². The van der Waals surface area contributed by atoms with Crippen LogP contribution in [-0.4, -0.2) is 11.1 Å². The van der Waals surface area contributed by atoms with E-state index in [1.807, 2.05) is 0 Å². The number of carbonyl (C=O) groups is 1. The van der Waals surface area contributed by atoms with E-state index in [2.05, 4.69) is 20.8 Å². The molecule has 0 fully saturated rings. The number of hydrogen-bond donors (Lipinski definition) is 1. The van der Waals surface area contributed by atoms with Crippen molar-refractivity contribution < 1.29 is 9.90 Å². The molecule has 0 aliphatic rings. The molecular formula is C19H38O2. The molecule has 0 saturated carbocycles. The highest BCUT2D eigenvalue weighted by Gasteiger charge is 2.13. The van der Waals surface area contributed by atoms with Crippen molar-refractivity contribution in [3.63, 3.8) is 0 Å². The first-order chi connectivity index (χ1) is 9.98. The summed E-state index contributed by atoms with van der Waals surface area (Å²) in [4.78, 5) is 10.4. The highest BCUT2D eigenvalue weighted by molar-refractivity contribution is 5.66. The molecular weight excluding hydrogens is 260 g/mol. The van der Waals surface area contributed by atoms with Crippen LogP contribution in [-0.2, 0) is 4.79 Å². The number of carboxylic acid groups (broad SMARTS) is 1. The molecule has 0 aromatic heterocycles. The average Bonchev–Trinajstić information content (AvgIpc) is 2.43. The van der Waals surface area contributed by atoms with Crippen molar-refractivity contribution in [2.24, 2.45) is 5.41 Å². The van der Waals surface area contributed by atoms with Crippen LogP contribution in [0, 0.1) is 5.41 Å². The van der Waals surface area contributed by atoms with E-state index in [9.17, 15) is 4.79 Å². The first-order valence-corrected chi connectivity index (χ1v) is 9.20. The number of carboxylic acids is 1. The molecule has 0 radical (unpaired) electrons. The Morgan fingerprint density at radius 3 is 1.52 bits per heavy atom. The van der Waals surface area contributed by atoms with E-state index in [1.54, 1.807) is 0 Å². The molecule has 0 spiro atoms. The van der Waals surface area contributed by atoms with E-state index < -0.39 is 5.97 Å². The van der Waals surface area contributed by atoms with Crippen molar-refractivity contribution >= 4 is 5.97 Å². The number of aliphatic carboxylic acids is 1. The van der Waals surface area contributed by atoms with Crippen molar-refractivity contribution in [1.29, 1.82) is 0 Å².